The van der Waals surface area contributed by atoms with Crippen molar-refractivity contribution in [3.63, 3.8) is 0 Å². The fourth-order valence-electron chi connectivity index (χ4n) is 0.973. The van der Waals surface area contributed by atoms with E-state index < -0.39 is 0 Å². The van der Waals surface area contributed by atoms with Crippen molar-refractivity contribution in [2.45, 2.75) is 20.3 Å². The Balaban J connectivity index is 2.59. The molecule has 1 heteroatoms. The molecule has 1 rings (SSSR count). The van der Waals surface area contributed by atoms with E-state index in [9.17, 15) is 0 Å². The highest BCUT2D eigenvalue weighted by Crippen LogP contribution is 2.04. The van der Waals surface area contributed by atoms with Crippen molar-refractivity contribution in [1.29, 1.82) is 0 Å². The van der Waals surface area contributed by atoms with E-state index in [1.54, 1.807) is 0 Å². The first-order chi connectivity index (χ1) is 6.33. The lowest BCUT2D eigenvalue weighted by Crippen LogP contribution is -1.72. The van der Waals surface area contributed by atoms with Gasteiger partial charge in [-0.15, -0.1) is 0 Å². The van der Waals surface area contributed by atoms with Crippen molar-refractivity contribution in [3.8, 4) is 0 Å². The third-order valence-corrected chi connectivity index (χ3v) is 1.72. The van der Waals surface area contributed by atoms with Crippen molar-refractivity contribution >= 4 is 12.3 Å². The van der Waals surface area contributed by atoms with Crippen molar-refractivity contribution in [3.05, 3.63) is 41.6 Å². The molecule has 13 heavy (non-hydrogen) atoms. The lowest BCUT2D eigenvalue weighted by molar-refractivity contribution is 1.31. The van der Waals surface area contributed by atoms with Gasteiger partial charge in [-0.1, -0.05) is 36.8 Å². The van der Waals surface area contributed by atoms with Crippen LogP contribution in [0, 0.1) is 6.92 Å². The molecular formula is C12H15N. The van der Waals surface area contributed by atoms with E-state index >= 15 is 0 Å². The minimum atomic E-state index is 0.984. The van der Waals surface area contributed by atoms with Crippen LogP contribution in [-0.4, -0.2) is 6.21 Å². The Hall–Kier alpha value is -1.37. The molecule has 0 N–H and O–H groups in total. The molecular weight excluding hydrogens is 158 g/mol. The second-order valence-electron chi connectivity index (χ2n) is 2.97. The Morgan fingerprint density at radius 1 is 1.23 bits per heavy atom. The standard InChI is InChI=1S/C12H15N/c1-3-9-13-10-8-12-6-4-11(2)5-7-12/h4-10H,3H2,1-2H3/b10-8+,13-9-. The zero-order chi connectivity index (χ0) is 9.52. The fraction of sp³-hybridized carbons (Fsp3) is 0.250. The van der Waals surface area contributed by atoms with E-state index in [0.717, 1.165) is 6.42 Å². The lowest BCUT2D eigenvalue weighted by Gasteiger charge is -1.92. The normalized spacial score (nSPS) is 11.5. The van der Waals surface area contributed by atoms with Gasteiger partial charge in [0.15, 0.2) is 0 Å². The van der Waals surface area contributed by atoms with Gasteiger partial charge in [-0.3, -0.25) is 4.99 Å². The summed E-state index contributed by atoms with van der Waals surface area (Å²) in [6, 6.07) is 8.38. The topological polar surface area (TPSA) is 12.4 Å². The Labute approximate surface area is 79.8 Å². The average Bonchev–Trinajstić information content (AvgIpc) is 2.15. The molecule has 0 aliphatic carbocycles. The number of aliphatic imine (C=N–C) groups is 1. The molecule has 0 saturated carbocycles. The van der Waals surface area contributed by atoms with Gasteiger partial charge in [-0.05, 0) is 25.0 Å². The van der Waals surface area contributed by atoms with Crippen molar-refractivity contribution in [2.24, 2.45) is 4.99 Å². The SMILES string of the molecule is CC/C=N\C=C\c1ccc(C)cc1. The van der Waals surface area contributed by atoms with Crippen LogP contribution in [0.1, 0.15) is 24.5 Å². The highest BCUT2D eigenvalue weighted by molar-refractivity contribution is 5.59. The number of nitrogens with zero attached hydrogens (tertiary/aromatic N) is 1. The Bertz CT molecular complexity index is 293. The van der Waals surface area contributed by atoms with Gasteiger partial charge < -0.3 is 0 Å². The molecule has 0 aliphatic rings. The molecule has 0 amide bonds. The molecule has 0 bridgehead atoms. The zero-order valence-corrected chi connectivity index (χ0v) is 8.20. The van der Waals surface area contributed by atoms with Crippen molar-refractivity contribution in [1.82, 2.24) is 0 Å². The first-order valence-electron chi connectivity index (χ1n) is 4.58. The van der Waals surface area contributed by atoms with Crippen molar-refractivity contribution in [2.75, 3.05) is 0 Å². The number of aryl methyl sites for hydroxylation is 1. The number of rotatable bonds is 3. The van der Waals surface area contributed by atoms with E-state index in [2.05, 4.69) is 43.1 Å². The van der Waals surface area contributed by atoms with Gasteiger partial charge in [-0.2, -0.15) is 0 Å². The molecule has 0 fully saturated rings. The van der Waals surface area contributed by atoms with Crippen LogP contribution in [0.25, 0.3) is 6.08 Å². The van der Waals surface area contributed by atoms with E-state index in [4.69, 9.17) is 0 Å². The highest BCUT2D eigenvalue weighted by atomic mass is 14.7. The summed E-state index contributed by atoms with van der Waals surface area (Å²) in [6.07, 6.45) is 6.71. The predicted molar refractivity (Wildman–Crippen MR) is 59.0 cm³/mol. The summed E-state index contributed by atoms with van der Waals surface area (Å²) in [6.45, 7) is 4.16. The molecule has 0 unspecified atom stereocenters. The van der Waals surface area contributed by atoms with Crippen LogP contribution in [-0.2, 0) is 0 Å². The van der Waals surface area contributed by atoms with Gasteiger partial charge in [-0.25, -0.2) is 0 Å². The molecule has 68 valence electrons. The number of benzene rings is 1. The molecule has 0 saturated heterocycles. The second-order valence-corrected chi connectivity index (χ2v) is 2.97. The van der Waals surface area contributed by atoms with Gasteiger partial charge in [0.25, 0.3) is 0 Å². The van der Waals surface area contributed by atoms with Gasteiger partial charge in [0, 0.05) is 12.4 Å². The Kier molecular flexibility index (Phi) is 3.97. The van der Waals surface area contributed by atoms with Crippen molar-refractivity contribution < 1.29 is 0 Å². The summed E-state index contributed by atoms with van der Waals surface area (Å²) in [4.78, 5) is 4.10. The average molecular weight is 173 g/mol. The molecule has 0 heterocycles. The summed E-state index contributed by atoms with van der Waals surface area (Å²) >= 11 is 0. The predicted octanol–water partition coefficient (Wildman–Crippen LogP) is 3.45. The monoisotopic (exact) mass is 173 g/mol. The molecule has 0 spiro atoms. The molecule has 0 aromatic heterocycles. The van der Waals surface area contributed by atoms with E-state index in [1.807, 2.05) is 18.5 Å². The first kappa shape index (κ1) is 9.72. The maximum absolute atomic E-state index is 4.10. The maximum atomic E-state index is 4.10. The number of hydrogen-bond acceptors (Lipinski definition) is 1. The van der Waals surface area contributed by atoms with Gasteiger partial charge in [0.1, 0.15) is 0 Å². The summed E-state index contributed by atoms with van der Waals surface area (Å²) in [5.74, 6) is 0. The third kappa shape index (κ3) is 3.70. The maximum Gasteiger partial charge on any atom is 0.0269 e. The number of hydrogen-bond donors (Lipinski definition) is 0. The van der Waals surface area contributed by atoms with Crippen LogP contribution in [0.3, 0.4) is 0 Å². The zero-order valence-electron chi connectivity index (χ0n) is 8.20. The summed E-state index contributed by atoms with van der Waals surface area (Å²) in [5, 5.41) is 0. The smallest absolute Gasteiger partial charge is 0.0269 e. The van der Waals surface area contributed by atoms with Gasteiger partial charge >= 0.3 is 0 Å². The van der Waals surface area contributed by atoms with Gasteiger partial charge in [0.05, 0.1) is 0 Å². The first-order valence-corrected chi connectivity index (χ1v) is 4.58. The summed E-state index contributed by atoms with van der Waals surface area (Å²) in [7, 11) is 0. The molecule has 0 atom stereocenters. The van der Waals surface area contributed by atoms with Crippen LogP contribution >= 0.6 is 0 Å². The molecule has 1 aromatic rings. The quantitative estimate of drug-likeness (QED) is 0.621. The van der Waals surface area contributed by atoms with Crippen LogP contribution < -0.4 is 0 Å². The Morgan fingerprint density at radius 2 is 1.92 bits per heavy atom. The largest absolute Gasteiger partial charge is 0.269 e. The van der Waals surface area contributed by atoms with Crippen LogP contribution in [0.4, 0.5) is 0 Å². The Morgan fingerprint density at radius 3 is 2.54 bits per heavy atom. The van der Waals surface area contributed by atoms with Gasteiger partial charge in [0.2, 0.25) is 0 Å². The van der Waals surface area contributed by atoms with Crippen LogP contribution in [0.2, 0.25) is 0 Å². The highest BCUT2D eigenvalue weighted by Gasteiger charge is 1.84. The van der Waals surface area contributed by atoms with E-state index in [-0.39, 0.29) is 0 Å². The fourth-order valence-corrected chi connectivity index (χ4v) is 0.973. The van der Waals surface area contributed by atoms with E-state index in [0.29, 0.717) is 0 Å². The minimum absolute atomic E-state index is 0.984. The van der Waals surface area contributed by atoms with Crippen LogP contribution in [0.5, 0.6) is 0 Å². The minimum Gasteiger partial charge on any atom is -0.269 e. The molecule has 0 aliphatic heterocycles. The molecule has 1 aromatic carbocycles. The molecule has 0 radical (unpaired) electrons. The van der Waals surface area contributed by atoms with Crippen LogP contribution in [0.15, 0.2) is 35.5 Å². The summed E-state index contributed by atoms with van der Waals surface area (Å²) in [5.41, 5.74) is 2.48. The second kappa shape index (κ2) is 5.31. The van der Waals surface area contributed by atoms with E-state index in [1.165, 1.54) is 11.1 Å². The molecule has 1 nitrogen and oxygen atoms in total. The summed E-state index contributed by atoms with van der Waals surface area (Å²) < 4.78 is 0. The lowest BCUT2D eigenvalue weighted by atomic mass is 10.1. The third-order valence-electron chi connectivity index (χ3n) is 1.72.